The summed E-state index contributed by atoms with van der Waals surface area (Å²) in [7, 11) is 2.19. The summed E-state index contributed by atoms with van der Waals surface area (Å²) in [5, 5.41) is 4.44. The van der Waals surface area contributed by atoms with Crippen LogP contribution in [0.25, 0.3) is 0 Å². The summed E-state index contributed by atoms with van der Waals surface area (Å²) >= 11 is 0. The van der Waals surface area contributed by atoms with Crippen molar-refractivity contribution < 1.29 is 0 Å². The molecular weight excluding hydrogens is 238 g/mol. The molecule has 0 aliphatic carbocycles. The van der Waals surface area contributed by atoms with Gasteiger partial charge in [0.2, 0.25) is 0 Å². The second-order valence-electron chi connectivity index (χ2n) is 5.79. The third kappa shape index (κ3) is 3.55. The zero-order valence-electron chi connectivity index (χ0n) is 12.4. The van der Waals surface area contributed by atoms with E-state index in [1.807, 2.05) is 10.9 Å². The van der Waals surface area contributed by atoms with Crippen LogP contribution in [0.2, 0.25) is 0 Å². The Morgan fingerprint density at radius 3 is 2.68 bits per heavy atom. The molecule has 0 aromatic carbocycles. The van der Waals surface area contributed by atoms with Crippen molar-refractivity contribution in [1.29, 1.82) is 0 Å². The summed E-state index contributed by atoms with van der Waals surface area (Å²) in [6.45, 7) is 9.47. The minimum atomic E-state index is 0.305. The van der Waals surface area contributed by atoms with Crippen LogP contribution in [0.4, 0.5) is 0 Å². The Hall–Kier alpha value is -0.910. The van der Waals surface area contributed by atoms with Crippen LogP contribution in [-0.2, 0) is 0 Å². The zero-order valence-corrected chi connectivity index (χ0v) is 12.4. The monoisotopic (exact) mass is 265 g/mol. The summed E-state index contributed by atoms with van der Waals surface area (Å²) in [6.07, 6.45) is 5.34. The lowest BCUT2D eigenvalue weighted by atomic mass is 10.1. The first kappa shape index (κ1) is 14.5. The lowest BCUT2D eigenvalue weighted by molar-refractivity contribution is 0.208. The molecule has 1 atom stereocenters. The normalized spacial score (nSPS) is 20.7. The average Bonchev–Trinajstić information content (AvgIpc) is 2.76. The van der Waals surface area contributed by atoms with Gasteiger partial charge in [-0.3, -0.25) is 9.58 Å². The van der Waals surface area contributed by atoms with Gasteiger partial charge in [0.1, 0.15) is 0 Å². The summed E-state index contributed by atoms with van der Waals surface area (Å²) in [6, 6.07) is 0.710. The molecule has 1 fully saturated rings. The molecule has 2 N–H and O–H groups in total. The SMILES string of the molecule is CC(C)n1cc(C(CN)N2CCCN(C)CC2)cn1. The molecule has 1 saturated heterocycles. The van der Waals surface area contributed by atoms with Crippen molar-refractivity contribution in [3.63, 3.8) is 0 Å². The van der Waals surface area contributed by atoms with Gasteiger partial charge in [0, 0.05) is 44.0 Å². The van der Waals surface area contributed by atoms with E-state index in [9.17, 15) is 0 Å². The zero-order chi connectivity index (χ0) is 13.8. The highest BCUT2D eigenvalue weighted by atomic mass is 15.3. The fourth-order valence-electron chi connectivity index (χ4n) is 2.68. The van der Waals surface area contributed by atoms with Crippen LogP contribution in [0.5, 0.6) is 0 Å². The Bertz CT molecular complexity index is 387. The van der Waals surface area contributed by atoms with Gasteiger partial charge in [0.05, 0.1) is 12.2 Å². The van der Waals surface area contributed by atoms with Crippen molar-refractivity contribution in [3.8, 4) is 0 Å². The molecule has 0 spiro atoms. The summed E-state index contributed by atoms with van der Waals surface area (Å²) < 4.78 is 2.02. The quantitative estimate of drug-likeness (QED) is 0.886. The van der Waals surface area contributed by atoms with Crippen molar-refractivity contribution in [2.45, 2.75) is 32.4 Å². The molecule has 5 nitrogen and oxygen atoms in total. The van der Waals surface area contributed by atoms with Crippen LogP contribution in [0.1, 0.15) is 37.9 Å². The van der Waals surface area contributed by atoms with Gasteiger partial charge in [-0.05, 0) is 33.9 Å². The molecule has 1 aliphatic rings. The molecule has 1 aromatic rings. The van der Waals surface area contributed by atoms with E-state index in [0.717, 1.165) is 19.6 Å². The average molecular weight is 265 g/mol. The largest absolute Gasteiger partial charge is 0.329 e. The molecule has 19 heavy (non-hydrogen) atoms. The van der Waals surface area contributed by atoms with Crippen molar-refractivity contribution in [2.24, 2.45) is 5.73 Å². The lowest BCUT2D eigenvalue weighted by Crippen LogP contribution is -2.36. The highest BCUT2D eigenvalue weighted by molar-refractivity contribution is 5.12. The number of hydrogen-bond acceptors (Lipinski definition) is 4. The second kappa shape index (κ2) is 6.50. The molecular formula is C14H27N5. The van der Waals surface area contributed by atoms with Crippen LogP contribution >= 0.6 is 0 Å². The van der Waals surface area contributed by atoms with Crippen molar-refractivity contribution in [3.05, 3.63) is 18.0 Å². The minimum Gasteiger partial charge on any atom is -0.329 e. The number of hydrogen-bond donors (Lipinski definition) is 1. The summed E-state index contributed by atoms with van der Waals surface area (Å²) in [5.41, 5.74) is 7.27. The van der Waals surface area contributed by atoms with Crippen LogP contribution in [0.15, 0.2) is 12.4 Å². The number of likely N-dealkylation sites (N-methyl/N-ethyl adjacent to an activating group) is 1. The molecule has 5 heteroatoms. The van der Waals surface area contributed by atoms with E-state index >= 15 is 0 Å². The maximum atomic E-state index is 6.01. The molecule has 2 rings (SSSR count). The predicted molar refractivity (Wildman–Crippen MR) is 78.1 cm³/mol. The maximum absolute atomic E-state index is 6.01. The molecule has 0 radical (unpaired) electrons. The Labute approximate surface area is 116 Å². The van der Waals surface area contributed by atoms with E-state index in [1.54, 1.807) is 0 Å². The number of aromatic nitrogens is 2. The van der Waals surface area contributed by atoms with Crippen molar-refractivity contribution >= 4 is 0 Å². The maximum Gasteiger partial charge on any atom is 0.0538 e. The smallest absolute Gasteiger partial charge is 0.0538 e. The second-order valence-corrected chi connectivity index (χ2v) is 5.79. The van der Waals surface area contributed by atoms with Crippen LogP contribution in [0.3, 0.4) is 0 Å². The summed E-state index contributed by atoms with van der Waals surface area (Å²) in [4.78, 5) is 4.90. The molecule has 0 bridgehead atoms. The molecule has 1 aliphatic heterocycles. The fourth-order valence-corrected chi connectivity index (χ4v) is 2.68. The first-order chi connectivity index (χ1) is 9.11. The van der Waals surface area contributed by atoms with Gasteiger partial charge in [0.25, 0.3) is 0 Å². The minimum absolute atomic E-state index is 0.305. The van der Waals surface area contributed by atoms with Gasteiger partial charge >= 0.3 is 0 Å². The number of nitrogens with zero attached hydrogens (tertiary/aromatic N) is 4. The van der Waals surface area contributed by atoms with Gasteiger partial charge in [-0.1, -0.05) is 0 Å². The van der Waals surface area contributed by atoms with E-state index in [2.05, 4.69) is 42.0 Å². The fraction of sp³-hybridized carbons (Fsp3) is 0.786. The van der Waals surface area contributed by atoms with Gasteiger partial charge in [-0.15, -0.1) is 0 Å². The third-order valence-electron chi connectivity index (χ3n) is 3.95. The topological polar surface area (TPSA) is 50.3 Å². The standard InChI is InChI=1S/C14H27N5/c1-12(2)19-11-13(10-16-19)14(9-15)18-6-4-5-17(3)7-8-18/h10-12,14H,4-9,15H2,1-3H3. The Balaban J connectivity index is 2.09. The van der Waals surface area contributed by atoms with Gasteiger partial charge < -0.3 is 10.6 Å². The van der Waals surface area contributed by atoms with Gasteiger partial charge in [-0.2, -0.15) is 5.10 Å². The molecule has 0 amide bonds. The number of nitrogens with two attached hydrogens (primary N) is 1. The first-order valence-corrected chi connectivity index (χ1v) is 7.28. The molecule has 1 aromatic heterocycles. The van der Waals surface area contributed by atoms with E-state index in [0.29, 0.717) is 18.6 Å². The highest BCUT2D eigenvalue weighted by Gasteiger charge is 2.22. The van der Waals surface area contributed by atoms with Crippen molar-refractivity contribution in [1.82, 2.24) is 19.6 Å². The predicted octanol–water partition coefficient (Wildman–Crippen LogP) is 1.10. The first-order valence-electron chi connectivity index (χ1n) is 7.28. The Morgan fingerprint density at radius 2 is 2.05 bits per heavy atom. The van der Waals surface area contributed by atoms with Crippen LogP contribution in [-0.4, -0.2) is 59.4 Å². The van der Waals surface area contributed by atoms with E-state index in [4.69, 9.17) is 5.73 Å². The third-order valence-corrected chi connectivity index (χ3v) is 3.95. The summed E-state index contributed by atoms with van der Waals surface area (Å²) in [5.74, 6) is 0. The highest BCUT2D eigenvalue weighted by Crippen LogP contribution is 2.21. The van der Waals surface area contributed by atoms with Gasteiger partial charge in [0.15, 0.2) is 0 Å². The molecule has 0 saturated carbocycles. The number of rotatable bonds is 4. The van der Waals surface area contributed by atoms with E-state index < -0.39 is 0 Å². The lowest BCUT2D eigenvalue weighted by Gasteiger charge is -2.28. The molecule has 108 valence electrons. The Morgan fingerprint density at radius 1 is 1.26 bits per heavy atom. The van der Waals surface area contributed by atoms with Crippen LogP contribution in [0, 0.1) is 0 Å². The van der Waals surface area contributed by atoms with E-state index in [1.165, 1.54) is 18.5 Å². The van der Waals surface area contributed by atoms with E-state index in [-0.39, 0.29) is 0 Å². The Kier molecular flexibility index (Phi) is 4.96. The molecule has 2 heterocycles. The van der Waals surface area contributed by atoms with Crippen LogP contribution < -0.4 is 5.73 Å². The van der Waals surface area contributed by atoms with Crippen molar-refractivity contribution in [2.75, 3.05) is 39.8 Å². The van der Waals surface area contributed by atoms with Gasteiger partial charge in [-0.25, -0.2) is 0 Å². The molecule has 1 unspecified atom stereocenters.